The van der Waals surface area contributed by atoms with Gasteiger partial charge in [0.1, 0.15) is 0 Å². The minimum atomic E-state index is 0.153. The molecule has 0 bridgehead atoms. The van der Waals surface area contributed by atoms with Crippen LogP contribution < -0.4 is 4.90 Å². The van der Waals surface area contributed by atoms with Crippen molar-refractivity contribution in [2.24, 2.45) is 5.92 Å². The second kappa shape index (κ2) is 8.17. The number of carbonyl (C=O) groups is 2. The second-order valence-electron chi connectivity index (χ2n) is 8.12. The highest BCUT2D eigenvalue weighted by atomic mass is 16.2. The zero-order valence-corrected chi connectivity index (χ0v) is 16.6. The van der Waals surface area contributed by atoms with Gasteiger partial charge in [-0.3, -0.25) is 9.59 Å². The maximum absolute atomic E-state index is 13.0. The van der Waals surface area contributed by atoms with Crippen molar-refractivity contribution in [2.75, 3.05) is 18.0 Å². The van der Waals surface area contributed by atoms with E-state index in [9.17, 15) is 9.59 Å². The normalized spacial score (nSPS) is 16.2. The highest BCUT2D eigenvalue weighted by Gasteiger charge is 2.34. The van der Waals surface area contributed by atoms with E-state index in [1.54, 1.807) is 0 Å². The summed E-state index contributed by atoms with van der Waals surface area (Å²) in [5, 5.41) is 0. The van der Waals surface area contributed by atoms with Crippen LogP contribution in [0.2, 0.25) is 0 Å². The number of rotatable bonds is 6. The van der Waals surface area contributed by atoms with Crippen LogP contribution in [0.5, 0.6) is 0 Å². The molecule has 146 valence electrons. The molecule has 1 aliphatic carbocycles. The van der Waals surface area contributed by atoms with Gasteiger partial charge in [-0.1, -0.05) is 42.0 Å². The van der Waals surface area contributed by atoms with E-state index in [-0.39, 0.29) is 17.7 Å². The Morgan fingerprint density at radius 3 is 2.39 bits per heavy atom. The first-order chi connectivity index (χ1) is 13.6. The van der Waals surface area contributed by atoms with E-state index >= 15 is 0 Å². The number of benzene rings is 2. The number of carbonyl (C=O) groups excluding carboxylic acids is 2. The van der Waals surface area contributed by atoms with Gasteiger partial charge in [0.05, 0.1) is 13.0 Å². The zero-order valence-electron chi connectivity index (χ0n) is 16.6. The molecule has 1 saturated heterocycles. The number of likely N-dealkylation sites (tertiary alicyclic amines) is 1. The molecular weight excluding hydrogens is 348 g/mol. The van der Waals surface area contributed by atoms with E-state index in [2.05, 4.69) is 31.2 Å². The molecule has 4 nitrogen and oxygen atoms in total. The molecule has 0 N–H and O–H groups in total. The predicted octanol–water partition coefficient (Wildman–Crippen LogP) is 4.10. The number of nitrogens with zero attached hydrogens (tertiary/aromatic N) is 2. The topological polar surface area (TPSA) is 40.6 Å². The van der Waals surface area contributed by atoms with Crippen LogP contribution in [-0.2, 0) is 22.6 Å². The second-order valence-corrected chi connectivity index (χ2v) is 8.12. The number of amides is 2. The van der Waals surface area contributed by atoms with E-state index in [4.69, 9.17) is 0 Å². The molecule has 2 aromatic carbocycles. The third-order valence-electron chi connectivity index (χ3n) is 5.69. The Hall–Kier alpha value is -2.62. The van der Waals surface area contributed by atoms with Crippen molar-refractivity contribution in [1.82, 2.24) is 4.90 Å². The number of hydrogen-bond acceptors (Lipinski definition) is 2. The van der Waals surface area contributed by atoms with Gasteiger partial charge < -0.3 is 9.80 Å². The molecule has 2 aliphatic rings. The summed E-state index contributed by atoms with van der Waals surface area (Å²) in [6.07, 6.45) is 4.58. The van der Waals surface area contributed by atoms with Gasteiger partial charge in [0.25, 0.3) is 0 Å². The molecule has 1 heterocycles. The van der Waals surface area contributed by atoms with Crippen LogP contribution in [0.1, 0.15) is 42.4 Å². The average molecular weight is 377 g/mol. The fraction of sp³-hybridized carbons (Fsp3) is 0.417. The molecule has 2 amide bonds. The summed E-state index contributed by atoms with van der Waals surface area (Å²) < 4.78 is 0. The monoisotopic (exact) mass is 376 g/mol. The van der Waals surface area contributed by atoms with Crippen LogP contribution >= 0.6 is 0 Å². The molecule has 28 heavy (non-hydrogen) atoms. The number of anilines is 1. The van der Waals surface area contributed by atoms with Crippen LogP contribution in [0, 0.1) is 12.8 Å². The van der Waals surface area contributed by atoms with Gasteiger partial charge in [0, 0.05) is 24.7 Å². The minimum Gasteiger partial charge on any atom is -0.342 e. The molecule has 4 rings (SSSR count). The lowest BCUT2D eigenvalue weighted by atomic mass is 10.1. The average Bonchev–Trinajstić information content (AvgIpc) is 3.41. The summed E-state index contributed by atoms with van der Waals surface area (Å²) in [6.45, 7) is 4.38. The standard InChI is InChI=1S/C24H28N2O2/c1-18-7-9-19(10-8-18)17-26(24(28)21-11-12-21)22-6-4-5-20(15-22)16-23(27)25-13-2-3-14-25/h4-10,15,21H,2-3,11-14,16-17H2,1H3. The van der Waals surface area contributed by atoms with Crippen molar-refractivity contribution in [1.29, 1.82) is 0 Å². The van der Waals surface area contributed by atoms with Crippen molar-refractivity contribution >= 4 is 17.5 Å². The Balaban J connectivity index is 1.54. The molecule has 2 aromatic rings. The smallest absolute Gasteiger partial charge is 0.230 e. The fourth-order valence-electron chi connectivity index (χ4n) is 3.81. The van der Waals surface area contributed by atoms with Crippen LogP contribution in [0.3, 0.4) is 0 Å². The van der Waals surface area contributed by atoms with Gasteiger partial charge in [-0.05, 0) is 55.9 Å². The van der Waals surface area contributed by atoms with Crippen LogP contribution in [0.25, 0.3) is 0 Å². The first kappa shape index (κ1) is 18.7. The lowest BCUT2D eigenvalue weighted by Crippen LogP contribution is -2.32. The highest BCUT2D eigenvalue weighted by Crippen LogP contribution is 2.34. The van der Waals surface area contributed by atoms with E-state index in [1.807, 2.05) is 34.1 Å². The predicted molar refractivity (Wildman–Crippen MR) is 111 cm³/mol. The molecule has 1 saturated carbocycles. The van der Waals surface area contributed by atoms with Crippen LogP contribution in [0.15, 0.2) is 48.5 Å². The minimum absolute atomic E-state index is 0.153. The van der Waals surface area contributed by atoms with Gasteiger partial charge in [0.2, 0.25) is 11.8 Å². The van der Waals surface area contributed by atoms with E-state index in [1.165, 1.54) is 5.56 Å². The van der Waals surface area contributed by atoms with Gasteiger partial charge in [-0.15, -0.1) is 0 Å². The van der Waals surface area contributed by atoms with E-state index in [0.717, 1.165) is 55.6 Å². The quantitative estimate of drug-likeness (QED) is 0.761. The lowest BCUT2D eigenvalue weighted by molar-refractivity contribution is -0.129. The van der Waals surface area contributed by atoms with Crippen molar-refractivity contribution in [3.05, 3.63) is 65.2 Å². The molecular formula is C24H28N2O2. The van der Waals surface area contributed by atoms with Crippen LogP contribution in [-0.4, -0.2) is 29.8 Å². The molecule has 0 unspecified atom stereocenters. The lowest BCUT2D eigenvalue weighted by Gasteiger charge is -2.24. The molecule has 0 spiro atoms. The zero-order chi connectivity index (χ0) is 19.5. The Labute approximate surface area is 167 Å². The molecule has 2 fully saturated rings. The maximum atomic E-state index is 13.0. The highest BCUT2D eigenvalue weighted by molar-refractivity contribution is 5.96. The summed E-state index contributed by atoms with van der Waals surface area (Å²) in [4.78, 5) is 29.3. The summed E-state index contributed by atoms with van der Waals surface area (Å²) in [7, 11) is 0. The Kier molecular flexibility index (Phi) is 5.47. The van der Waals surface area contributed by atoms with Gasteiger partial charge in [0.15, 0.2) is 0 Å². The van der Waals surface area contributed by atoms with Gasteiger partial charge >= 0.3 is 0 Å². The van der Waals surface area contributed by atoms with Gasteiger partial charge in [-0.25, -0.2) is 0 Å². The maximum Gasteiger partial charge on any atom is 0.230 e. The van der Waals surface area contributed by atoms with Crippen LogP contribution in [0.4, 0.5) is 5.69 Å². The van der Waals surface area contributed by atoms with E-state index < -0.39 is 0 Å². The largest absolute Gasteiger partial charge is 0.342 e. The van der Waals surface area contributed by atoms with Crippen molar-refractivity contribution < 1.29 is 9.59 Å². The van der Waals surface area contributed by atoms with Crippen molar-refractivity contribution in [3.8, 4) is 0 Å². The molecule has 0 atom stereocenters. The first-order valence-corrected chi connectivity index (χ1v) is 10.3. The third kappa shape index (κ3) is 4.44. The fourth-order valence-corrected chi connectivity index (χ4v) is 3.81. The Morgan fingerprint density at radius 1 is 1.00 bits per heavy atom. The third-order valence-corrected chi connectivity index (χ3v) is 5.69. The summed E-state index contributed by atoms with van der Waals surface area (Å²) in [5.74, 6) is 0.539. The summed E-state index contributed by atoms with van der Waals surface area (Å²) in [6, 6.07) is 16.3. The van der Waals surface area contributed by atoms with Crippen molar-refractivity contribution in [2.45, 2.75) is 45.6 Å². The van der Waals surface area contributed by atoms with E-state index in [0.29, 0.717) is 13.0 Å². The summed E-state index contributed by atoms with van der Waals surface area (Å²) >= 11 is 0. The molecule has 1 aliphatic heterocycles. The van der Waals surface area contributed by atoms with Gasteiger partial charge in [-0.2, -0.15) is 0 Å². The molecule has 0 radical (unpaired) electrons. The first-order valence-electron chi connectivity index (χ1n) is 10.3. The molecule has 0 aromatic heterocycles. The number of hydrogen-bond donors (Lipinski definition) is 0. The SMILES string of the molecule is Cc1ccc(CN(C(=O)C2CC2)c2cccc(CC(=O)N3CCCC3)c2)cc1. The molecule has 4 heteroatoms. The Morgan fingerprint density at radius 2 is 1.71 bits per heavy atom. The van der Waals surface area contributed by atoms with Crippen molar-refractivity contribution in [3.63, 3.8) is 0 Å². The number of aryl methyl sites for hydroxylation is 1. The summed E-state index contributed by atoms with van der Waals surface area (Å²) in [5.41, 5.74) is 4.21. The Bertz CT molecular complexity index is 849.